The Hall–Kier alpha value is -3.92. The minimum atomic E-state index is -2.71. The molecule has 0 radical (unpaired) electrons. The number of nitrogens with zero attached hydrogens (tertiary/aromatic N) is 5. The van der Waals surface area contributed by atoms with Gasteiger partial charge < -0.3 is 4.57 Å². The molecule has 2 aliphatic carbocycles. The number of carbonyl (C=O) groups is 1. The third-order valence-electron chi connectivity index (χ3n) is 8.55. The van der Waals surface area contributed by atoms with Crippen LogP contribution in [0, 0.1) is 23.1 Å². The zero-order valence-corrected chi connectivity index (χ0v) is 23.1. The second-order valence-corrected chi connectivity index (χ2v) is 13.5. The standard InChI is InChI=1S/C30H29F2N5O2S/c1-19(40(3,39)25-17-35-36(2)18-25)20-4-5-22-12-27-21(9-11-37(27)24-6-7-28(32)34-16-24)15-30(22,14-20)29(38)26-13-23(31)8-10-33-26/h6-13,16-20H,3-5,14-15H2,1-2H3/t19?,20-,30+,40?/m0/s1. The van der Waals surface area contributed by atoms with Gasteiger partial charge in [-0.3, -0.25) is 18.7 Å². The molecule has 1 fully saturated rings. The van der Waals surface area contributed by atoms with Crippen molar-refractivity contribution in [2.24, 2.45) is 18.4 Å². The fourth-order valence-corrected chi connectivity index (χ4v) is 8.12. The van der Waals surface area contributed by atoms with E-state index in [9.17, 15) is 17.8 Å². The number of Topliss-reactive ketones (excluding diaryl/α,β-unsaturated/α-hetero) is 1. The molecule has 4 aromatic heterocycles. The summed E-state index contributed by atoms with van der Waals surface area (Å²) < 4.78 is 45.2. The summed E-state index contributed by atoms with van der Waals surface area (Å²) in [6.07, 6.45) is 12.2. The fraction of sp³-hybridized carbons (Fsp3) is 0.300. The van der Waals surface area contributed by atoms with E-state index in [0.717, 1.165) is 23.3 Å². The van der Waals surface area contributed by atoms with Crippen LogP contribution < -0.4 is 0 Å². The largest absolute Gasteiger partial charge is 0.315 e. The first-order valence-corrected chi connectivity index (χ1v) is 14.9. The number of aromatic nitrogens is 5. The van der Waals surface area contributed by atoms with Gasteiger partial charge in [-0.1, -0.05) is 12.5 Å². The Morgan fingerprint density at radius 1 is 1.20 bits per heavy atom. The Morgan fingerprint density at radius 3 is 2.73 bits per heavy atom. The van der Waals surface area contributed by atoms with Gasteiger partial charge in [0.2, 0.25) is 5.95 Å². The van der Waals surface area contributed by atoms with Gasteiger partial charge >= 0.3 is 0 Å². The SMILES string of the molecule is C=S(=O)(c1cnn(C)c1)C(C)[C@H]1CCC2=Cc3c(ccn3-c3ccc(F)nc3)C[C@]2(C(=O)c2cc(F)ccn2)C1. The van der Waals surface area contributed by atoms with Crippen molar-refractivity contribution in [2.45, 2.75) is 42.8 Å². The predicted octanol–water partition coefficient (Wildman–Crippen LogP) is 5.05. The van der Waals surface area contributed by atoms with E-state index < -0.39 is 26.7 Å². The molecular formula is C30H29F2N5O2S. The summed E-state index contributed by atoms with van der Waals surface area (Å²) in [5.74, 6) is 2.72. The molecule has 206 valence electrons. The van der Waals surface area contributed by atoms with E-state index in [2.05, 4.69) is 20.9 Å². The van der Waals surface area contributed by atoms with Crippen LogP contribution in [0.3, 0.4) is 0 Å². The summed E-state index contributed by atoms with van der Waals surface area (Å²) in [6, 6.07) is 7.33. The Bertz CT molecular complexity index is 1760. The first kappa shape index (κ1) is 26.3. The van der Waals surface area contributed by atoms with Gasteiger partial charge in [-0.05, 0) is 73.4 Å². The highest BCUT2D eigenvalue weighted by molar-refractivity contribution is 8.00. The van der Waals surface area contributed by atoms with Crippen LogP contribution in [0.1, 0.15) is 47.9 Å². The average Bonchev–Trinajstić information content (AvgIpc) is 3.57. The summed E-state index contributed by atoms with van der Waals surface area (Å²) >= 11 is 0. The molecule has 0 aliphatic heterocycles. The van der Waals surface area contributed by atoms with Gasteiger partial charge in [0.15, 0.2) is 5.78 Å². The molecule has 4 heterocycles. The van der Waals surface area contributed by atoms with E-state index in [1.54, 1.807) is 30.2 Å². The lowest BCUT2D eigenvalue weighted by Crippen LogP contribution is -2.45. The highest BCUT2D eigenvalue weighted by atomic mass is 32.2. The van der Waals surface area contributed by atoms with E-state index >= 15 is 0 Å². The number of halogens is 2. The van der Waals surface area contributed by atoms with Crippen molar-refractivity contribution in [3.63, 3.8) is 0 Å². The smallest absolute Gasteiger partial charge is 0.212 e. The Labute approximate surface area is 231 Å². The Kier molecular flexibility index (Phi) is 6.33. The Balaban J connectivity index is 1.43. The fourth-order valence-electron chi connectivity index (χ4n) is 6.28. The quantitative estimate of drug-likeness (QED) is 0.187. The van der Waals surface area contributed by atoms with Crippen molar-refractivity contribution >= 4 is 27.3 Å². The third kappa shape index (κ3) is 4.30. The van der Waals surface area contributed by atoms with Crippen LogP contribution in [0.2, 0.25) is 0 Å². The van der Waals surface area contributed by atoms with Crippen molar-refractivity contribution in [3.8, 4) is 5.69 Å². The first-order valence-electron chi connectivity index (χ1n) is 13.1. The van der Waals surface area contributed by atoms with Crippen LogP contribution in [0.4, 0.5) is 8.78 Å². The molecule has 2 aliphatic rings. The van der Waals surface area contributed by atoms with Crippen molar-refractivity contribution in [2.75, 3.05) is 0 Å². The molecule has 1 saturated carbocycles. The lowest BCUT2D eigenvalue weighted by Gasteiger charge is -2.46. The maximum atomic E-state index is 14.3. The van der Waals surface area contributed by atoms with Gasteiger partial charge in [0, 0.05) is 52.2 Å². The molecule has 7 nitrogen and oxygen atoms in total. The molecular weight excluding hydrogens is 532 g/mol. The number of carbonyl (C=O) groups excluding carboxylic acids is 1. The van der Waals surface area contributed by atoms with E-state index in [-0.39, 0.29) is 22.6 Å². The van der Waals surface area contributed by atoms with Gasteiger partial charge in [-0.2, -0.15) is 9.49 Å². The Morgan fingerprint density at radius 2 is 2.02 bits per heavy atom. The van der Waals surface area contributed by atoms with E-state index in [1.165, 1.54) is 30.6 Å². The maximum Gasteiger partial charge on any atom is 0.212 e. The minimum Gasteiger partial charge on any atom is -0.315 e. The van der Waals surface area contributed by atoms with E-state index in [4.69, 9.17) is 0 Å². The summed E-state index contributed by atoms with van der Waals surface area (Å²) in [5, 5.41) is 3.87. The molecule has 0 aromatic carbocycles. The van der Waals surface area contributed by atoms with Gasteiger partial charge in [0.05, 0.1) is 28.4 Å². The number of pyridine rings is 2. The van der Waals surface area contributed by atoms with Crippen LogP contribution in [-0.4, -0.2) is 45.4 Å². The summed E-state index contributed by atoms with van der Waals surface area (Å²) in [7, 11) is -0.934. The number of aryl methyl sites for hydroxylation is 1. The number of rotatable bonds is 6. The molecule has 10 heteroatoms. The third-order valence-corrected chi connectivity index (χ3v) is 11.1. The van der Waals surface area contributed by atoms with Gasteiger partial charge in [0.25, 0.3) is 0 Å². The van der Waals surface area contributed by atoms with Gasteiger partial charge in [-0.15, -0.1) is 0 Å². The lowest BCUT2D eigenvalue weighted by molar-refractivity contribution is 0.0753. The van der Waals surface area contributed by atoms with Crippen LogP contribution in [0.25, 0.3) is 11.8 Å². The molecule has 6 rings (SSSR count). The van der Waals surface area contributed by atoms with Crippen LogP contribution in [-0.2, 0) is 23.0 Å². The van der Waals surface area contributed by atoms with Crippen LogP contribution >= 0.6 is 0 Å². The summed E-state index contributed by atoms with van der Waals surface area (Å²) in [6.45, 7) is 1.94. The highest BCUT2D eigenvalue weighted by Gasteiger charge is 2.50. The van der Waals surface area contributed by atoms with Crippen molar-refractivity contribution < 1.29 is 17.8 Å². The highest BCUT2D eigenvalue weighted by Crippen LogP contribution is 2.53. The number of fused-ring (bicyclic) bond motifs is 2. The zero-order chi connectivity index (χ0) is 28.2. The maximum absolute atomic E-state index is 14.3. The molecule has 0 N–H and O–H groups in total. The molecule has 0 bridgehead atoms. The van der Waals surface area contributed by atoms with Crippen molar-refractivity contribution in [3.05, 3.63) is 95.6 Å². The molecule has 40 heavy (non-hydrogen) atoms. The van der Waals surface area contributed by atoms with Gasteiger partial charge in [-0.25, -0.2) is 9.37 Å². The normalized spacial score (nSPS) is 22.5. The second-order valence-electron chi connectivity index (χ2n) is 10.8. The van der Waals surface area contributed by atoms with E-state index in [1.807, 2.05) is 29.8 Å². The zero-order valence-electron chi connectivity index (χ0n) is 22.3. The minimum absolute atomic E-state index is 0.0763. The molecule has 4 aromatic rings. The topological polar surface area (TPSA) is 82.7 Å². The number of ketones is 1. The average molecular weight is 562 g/mol. The predicted molar refractivity (Wildman–Crippen MR) is 150 cm³/mol. The monoisotopic (exact) mass is 561 g/mol. The molecule has 4 atom stereocenters. The van der Waals surface area contributed by atoms with Crippen molar-refractivity contribution in [1.82, 2.24) is 24.3 Å². The number of hydrogen-bond acceptors (Lipinski definition) is 5. The molecule has 0 saturated heterocycles. The molecule has 0 spiro atoms. The second kappa shape index (κ2) is 9.62. The lowest BCUT2D eigenvalue weighted by atomic mass is 9.58. The summed E-state index contributed by atoms with van der Waals surface area (Å²) in [4.78, 5) is 22.9. The van der Waals surface area contributed by atoms with Crippen LogP contribution in [0.15, 0.2) is 71.8 Å². The van der Waals surface area contributed by atoms with E-state index in [0.29, 0.717) is 29.8 Å². The molecule has 2 unspecified atom stereocenters. The van der Waals surface area contributed by atoms with Crippen molar-refractivity contribution in [1.29, 1.82) is 0 Å². The van der Waals surface area contributed by atoms with Gasteiger partial charge in [0.1, 0.15) is 11.5 Å². The first-order chi connectivity index (χ1) is 19.1. The summed E-state index contributed by atoms with van der Waals surface area (Å²) in [5.41, 5.74) is 2.60. The number of allylic oxidation sites excluding steroid dienone is 1. The van der Waals surface area contributed by atoms with Crippen LogP contribution in [0.5, 0.6) is 0 Å². The molecule has 0 amide bonds. The number of hydrogen-bond donors (Lipinski definition) is 0.